The summed E-state index contributed by atoms with van der Waals surface area (Å²) in [4.78, 5) is 36.3. The van der Waals surface area contributed by atoms with Crippen molar-refractivity contribution in [2.24, 2.45) is 0 Å². The number of aryl methyl sites for hydroxylation is 2. The smallest absolute Gasteiger partial charge is 0.348 e. The zero-order valence-electron chi connectivity index (χ0n) is 14.9. The number of nitrogen functional groups attached to an aromatic ring is 1. The Labute approximate surface area is 154 Å². The first-order valence-electron chi connectivity index (χ1n) is 7.62. The molecule has 2 aromatic rings. The third kappa shape index (κ3) is 3.85. The van der Waals surface area contributed by atoms with E-state index in [4.69, 9.17) is 19.9 Å². The molecule has 0 fully saturated rings. The average molecular weight is 377 g/mol. The number of anilines is 1. The summed E-state index contributed by atoms with van der Waals surface area (Å²) in [5, 5.41) is 0.0921. The monoisotopic (exact) mass is 377 g/mol. The number of thiophene rings is 1. The molecular weight excluding hydrogens is 358 g/mol. The van der Waals surface area contributed by atoms with Crippen LogP contribution in [0.4, 0.5) is 5.00 Å². The predicted molar refractivity (Wildman–Crippen MR) is 96.4 cm³/mol. The number of hydrogen-bond donors (Lipinski definition) is 1. The number of ether oxygens (including phenoxy) is 3. The van der Waals surface area contributed by atoms with Crippen LogP contribution in [0.15, 0.2) is 18.2 Å². The fraction of sp³-hybridized carbons (Fsp3) is 0.278. The predicted octanol–water partition coefficient (Wildman–Crippen LogP) is 2.88. The highest BCUT2D eigenvalue weighted by Gasteiger charge is 2.28. The van der Waals surface area contributed by atoms with Crippen LogP contribution in [0, 0.1) is 13.8 Å². The molecule has 0 bridgehead atoms. The van der Waals surface area contributed by atoms with Crippen LogP contribution in [0.3, 0.4) is 0 Å². The topological polar surface area (TPSA) is 105 Å². The maximum absolute atomic E-state index is 12.3. The molecular formula is C18H19NO6S. The van der Waals surface area contributed by atoms with E-state index in [1.807, 2.05) is 19.9 Å². The highest BCUT2D eigenvalue weighted by molar-refractivity contribution is 7.18. The maximum Gasteiger partial charge on any atom is 0.348 e. The number of nitrogens with two attached hydrogens (primary N) is 1. The number of carbonyl (C=O) groups excluding carboxylic acids is 3. The number of benzene rings is 1. The van der Waals surface area contributed by atoms with E-state index in [0.717, 1.165) is 22.5 Å². The van der Waals surface area contributed by atoms with Gasteiger partial charge >= 0.3 is 17.9 Å². The van der Waals surface area contributed by atoms with Crippen molar-refractivity contribution in [2.75, 3.05) is 20.0 Å². The molecule has 2 N–H and O–H groups in total. The molecule has 0 radical (unpaired) electrons. The summed E-state index contributed by atoms with van der Waals surface area (Å²) in [7, 11) is 2.41. The lowest BCUT2D eigenvalue weighted by molar-refractivity contribution is 0.0452. The molecule has 0 aliphatic heterocycles. The molecule has 0 saturated heterocycles. The largest absolute Gasteiger partial charge is 0.465 e. The molecule has 1 heterocycles. The molecule has 26 heavy (non-hydrogen) atoms. The van der Waals surface area contributed by atoms with Crippen LogP contribution < -0.4 is 5.73 Å². The normalized spacial score (nSPS) is 10.3. The van der Waals surface area contributed by atoms with E-state index in [1.165, 1.54) is 14.2 Å². The number of rotatable bonds is 5. The average Bonchev–Trinajstić information content (AvgIpc) is 2.96. The third-order valence-corrected chi connectivity index (χ3v) is 4.93. The SMILES string of the molecule is COC(=O)c1sc(N)c(C(=O)OC)c1COC(=O)c1ccc(C)c(C)c1. The van der Waals surface area contributed by atoms with Gasteiger partial charge in [-0.25, -0.2) is 14.4 Å². The van der Waals surface area contributed by atoms with Gasteiger partial charge in [-0.1, -0.05) is 6.07 Å². The minimum absolute atomic E-state index is 0.00536. The minimum Gasteiger partial charge on any atom is -0.465 e. The van der Waals surface area contributed by atoms with Gasteiger partial charge < -0.3 is 19.9 Å². The van der Waals surface area contributed by atoms with Crippen LogP contribution in [-0.4, -0.2) is 32.1 Å². The Morgan fingerprint density at radius 2 is 1.65 bits per heavy atom. The maximum atomic E-state index is 12.3. The highest BCUT2D eigenvalue weighted by Crippen LogP contribution is 2.33. The van der Waals surface area contributed by atoms with Crippen LogP contribution in [-0.2, 0) is 20.8 Å². The van der Waals surface area contributed by atoms with Gasteiger partial charge in [0.1, 0.15) is 22.0 Å². The first-order valence-corrected chi connectivity index (χ1v) is 8.43. The summed E-state index contributed by atoms with van der Waals surface area (Å²) in [6, 6.07) is 5.17. The lowest BCUT2D eigenvalue weighted by Crippen LogP contribution is -2.13. The van der Waals surface area contributed by atoms with Crippen LogP contribution >= 0.6 is 11.3 Å². The molecule has 1 aromatic heterocycles. The summed E-state index contributed by atoms with van der Waals surface area (Å²) >= 11 is 0.880. The van der Waals surface area contributed by atoms with Gasteiger partial charge in [-0.3, -0.25) is 0 Å². The van der Waals surface area contributed by atoms with Gasteiger partial charge in [0.25, 0.3) is 0 Å². The third-order valence-electron chi connectivity index (χ3n) is 3.88. The van der Waals surface area contributed by atoms with Crippen molar-refractivity contribution < 1.29 is 28.6 Å². The van der Waals surface area contributed by atoms with Crippen molar-refractivity contribution in [1.29, 1.82) is 0 Å². The first-order chi connectivity index (χ1) is 12.3. The van der Waals surface area contributed by atoms with Gasteiger partial charge in [-0.05, 0) is 37.1 Å². The number of methoxy groups -OCH3 is 2. The highest BCUT2D eigenvalue weighted by atomic mass is 32.1. The lowest BCUT2D eigenvalue weighted by atomic mass is 10.1. The van der Waals surface area contributed by atoms with Crippen LogP contribution in [0.25, 0.3) is 0 Å². The van der Waals surface area contributed by atoms with Crippen LogP contribution in [0.5, 0.6) is 0 Å². The number of hydrogen-bond acceptors (Lipinski definition) is 8. The Morgan fingerprint density at radius 3 is 2.23 bits per heavy atom. The van der Waals surface area contributed by atoms with Crippen molar-refractivity contribution in [1.82, 2.24) is 0 Å². The van der Waals surface area contributed by atoms with Crippen molar-refractivity contribution in [2.45, 2.75) is 20.5 Å². The van der Waals surface area contributed by atoms with Crippen LogP contribution in [0.2, 0.25) is 0 Å². The second kappa shape index (κ2) is 8.01. The van der Waals surface area contributed by atoms with Crippen LogP contribution in [0.1, 0.15) is 47.1 Å². The van der Waals surface area contributed by atoms with E-state index in [-0.39, 0.29) is 27.6 Å². The molecule has 0 spiro atoms. The zero-order valence-corrected chi connectivity index (χ0v) is 15.7. The van der Waals surface area contributed by atoms with Gasteiger partial charge in [0.2, 0.25) is 0 Å². The van der Waals surface area contributed by atoms with Crippen molar-refractivity contribution in [3.8, 4) is 0 Å². The molecule has 7 nitrogen and oxygen atoms in total. The lowest BCUT2D eigenvalue weighted by Gasteiger charge is -2.09. The second-order valence-electron chi connectivity index (χ2n) is 5.51. The minimum atomic E-state index is -0.717. The van der Waals surface area contributed by atoms with E-state index in [2.05, 4.69) is 0 Å². The Kier molecular flexibility index (Phi) is 5.99. The Bertz CT molecular complexity index is 871. The molecule has 0 unspecified atom stereocenters. The van der Waals surface area contributed by atoms with E-state index in [9.17, 15) is 14.4 Å². The Hall–Kier alpha value is -2.87. The molecule has 0 aliphatic rings. The van der Waals surface area contributed by atoms with E-state index in [0.29, 0.717) is 5.56 Å². The number of esters is 3. The molecule has 0 atom stereocenters. The summed E-state index contributed by atoms with van der Waals surface area (Å²) in [6.45, 7) is 3.51. The molecule has 8 heteroatoms. The molecule has 0 amide bonds. The summed E-state index contributed by atoms with van der Waals surface area (Å²) in [6.07, 6.45) is 0. The van der Waals surface area contributed by atoms with E-state index < -0.39 is 17.9 Å². The van der Waals surface area contributed by atoms with Gasteiger partial charge in [-0.15, -0.1) is 11.3 Å². The Morgan fingerprint density at radius 1 is 1.00 bits per heavy atom. The fourth-order valence-electron chi connectivity index (χ4n) is 2.30. The van der Waals surface area contributed by atoms with Gasteiger partial charge in [-0.2, -0.15) is 0 Å². The molecule has 1 aromatic carbocycles. The summed E-state index contributed by atoms with van der Waals surface area (Å²) in [5.74, 6) is -1.97. The summed E-state index contributed by atoms with van der Waals surface area (Å²) < 4.78 is 14.7. The van der Waals surface area contributed by atoms with Crippen molar-refractivity contribution >= 4 is 34.2 Å². The van der Waals surface area contributed by atoms with E-state index in [1.54, 1.807) is 12.1 Å². The molecule has 138 valence electrons. The summed E-state index contributed by atoms with van der Waals surface area (Å²) in [5.41, 5.74) is 8.38. The van der Waals surface area contributed by atoms with Gasteiger partial charge in [0.15, 0.2) is 0 Å². The molecule has 0 saturated carbocycles. The van der Waals surface area contributed by atoms with Crippen molar-refractivity contribution in [3.63, 3.8) is 0 Å². The van der Waals surface area contributed by atoms with E-state index >= 15 is 0 Å². The van der Waals surface area contributed by atoms with Gasteiger partial charge in [0.05, 0.1) is 19.8 Å². The first kappa shape index (κ1) is 19.5. The molecule has 2 rings (SSSR count). The quantitative estimate of drug-likeness (QED) is 0.631. The number of carbonyl (C=O) groups is 3. The van der Waals surface area contributed by atoms with Crippen molar-refractivity contribution in [3.05, 3.63) is 50.9 Å². The standard InChI is InChI=1S/C18H19NO6S/c1-9-5-6-11(7-10(9)2)16(20)25-8-12-13(17(21)23-3)15(19)26-14(12)18(22)24-4/h5-7H,8,19H2,1-4H3. The Balaban J connectivity index is 2.32. The van der Waals surface area contributed by atoms with Gasteiger partial charge in [0, 0.05) is 5.56 Å². The molecule has 0 aliphatic carbocycles. The second-order valence-corrected chi connectivity index (χ2v) is 6.56. The zero-order chi connectivity index (χ0) is 19.4. The fourth-order valence-corrected chi connectivity index (χ4v) is 3.27.